The van der Waals surface area contributed by atoms with Crippen molar-refractivity contribution < 1.29 is 19.1 Å². The third-order valence-corrected chi connectivity index (χ3v) is 5.76. The number of nitrogens with zero attached hydrogens (tertiary/aromatic N) is 2. The molecule has 3 heterocycles. The van der Waals surface area contributed by atoms with Gasteiger partial charge in [0.05, 0.1) is 0 Å². The van der Waals surface area contributed by atoms with E-state index in [0.29, 0.717) is 39.1 Å². The summed E-state index contributed by atoms with van der Waals surface area (Å²) in [5.41, 5.74) is -0.885. The van der Waals surface area contributed by atoms with Crippen molar-refractivity contribution in [2.75, 3.05) is 32.8 Å². The van der Waals surface area contributed by atoms with Crippen LogP contribution in [0.5, 0.6) is 0 Å². The molecule has 4 amide bonds. The van der Waals surface area contributed by atoms with E-state index in [2.05, 4.69) is 5.32 Å². The van der Waals surface area contributed by atoms with Crippen LogP contribution in [0.2, 0.25) is 0 Å². The molecule has 0 atom stereocenters. The molecule has 0 aromatic carbocycles. The van der Waals surface area contributed by atoms with Crippen molar-refractivity contribution in [3.8, 4) is 0 Å². The quantitative estimate of drug-likeness (QED) is 0.770. The number of ether oxygens (including phenoxy) is 1. The van der Waals surface area contributed by atoms with Gasteiger partial charge in [0.15, 0.2) is 0 Å². The number of rotatable bonds is 6. The van der Waals surface area contributed by atoms with Crippen LogP contribution in [0.4, 0.5) is 4.79 Å². The average Bonchev–Trinajstić information content (AvgIpc) is 3.20. The van der Waals surface area contributed by atoms with Gasteiger partial charge in [0, 0.05) is 44.0 Å². The fraction of sp³-hybridized carbons (Fsp3) is 0.588. The summed E-state index contributed by atoms with van der Waals surface area (Å²) >= 11 is 1.66. The summed E-state index contributed by atoms with van der Waals surface area (Å²) < 4.78 is 5.28. The molecule has 1 aromatic rings. The van der Waals surface area contributed by atoms with Crippen molar-refractivity contribution >= 4 is 29.2 Å². The van der Waals surface area contributed by atoms with Gasteiger partial charge in [-0.2, -0.15) is 0 Å². The van der Waals surface area contributed by atoms with Crippen LogP contribution in [0.3, 0.4) is 0 Å². The summed E-state index contributed by atoms with van der Waals surface area (Å²) in [5.74, 6) is -0.505. The molecule has 0 saturated carbocycles. The summed E-state index contributed by atoms with van der Waals surface area (Å²) in [6.07, 6.45) is 1.69. The highest BCUT2D eigenvalue weighted by Crippen LogP contribution is 2.28. The summed E-state index contributed by atoms with van der Waals surface area (Å²) in [6, 6.07) is 3.54. The van der Waals surface area contributed by atoms with Crippen molar-refractivity contribution in [3.05, 3.63) is 22.4 Å². The topological polar surface area (TPSA) is 79.0 Å². The molecule has 7 nitrogen and oxygen atoms in total. The maximum absolute atomic E-state index is 12.7. The second kappa shape index (κ2) is 7.53. The molecule has 0 radical (unpaired) electrons. The van der Waals surface area contributed by atoms with Gasteiger partial charge in [-0.15, -0.1) is 11.3 Å². The zero-order chi connectivity index (χ0) is 17.9. The highest BCUT2D eigenvalue weighted by atomic mass is 32.1. The first-order valence-corrected chi connectivity index (χ1v) is 9.46. The predicted molar refractivity (Wildman–Crippen MR) is 93.3 cm³/mol. The second-order valence-corrected chi connectivity index (χ2v) is 7.35. The Labute approximate surface area is 150 Å². The van der Waals surface area contributed by atoms with E-state index in [9.17, 15) is 14.4 Å². The third-order valence-electron chi connectivity index (χ3n) is 4.83. The van der Waals surface area contributed by atoms with E-state index in [-0.39, 0.29) is 18.4 Å². The first-order valence-electron chi connectivity index (χ1n) is 8.58. The number of likely N-dealkylation sites (N-methyl/N-ethyl adjacent to an activating group) is 1. The number of carbonyl (C=O) groups excluding carboxylic acids is 3. The number of thiophene rings is 1. The van der Waals surface area contributed by atoms with Gasteiger partial charge >= 0.3 is 6.03 Å². The lowest BCUT2D eigenvalue weighted by atomic mass is 9.90. The molecular weight excluding hydrogens is 342 g/mol. The minimum Gasteiger partial charge on any atom is -0.381 e. The van der Waals surface area contributed by atoms with Gasteiger partial charge in [0.2, 0.25) is 5.91 Å². The Hall–Kier alpha value is -1.93. The monoisotopic (exact) mass is 365 g/mol. The Balaban J connectivity index is 1.60. The van der Waals surface area contributed by atoms with Crippen LogP contribution in [0.1, 0.15) is 24.6 Å². The minimum absolute atomic E-state index is 0.202. The van der Waals surface area contributed by atoms with Crippen LogP contribution in [-0.4, -0.2) is 66.0 Å². The smallest absolute Gasteiger partial charge is 0.325 e. The first-order chi connectivity index (χ1) is 12.1. The van der Waals surface area contributed by atoms with Crippen molar-refractivity contribution in [3.63, 3.8) is 0 Å². The van der Waals surface area contributed by atoms with Crippen molar-refractivity contribution in [2.24, 2.45) is 0 Å². The van der Waals surface area contributed by atoms with Gasteiger partial charge in [-0.05, 0) is 24.8 Å². The Morgan fingerprint density at radius 1 is 1.40 bits per heavy atom. The van der Waals surface area contributed by atoms with E-state index < -0.39 is 11.6 Å². The predicted octanol–water partition coefficient (Wildman–Crippen LogP) is 1.24. The molecule has 1 N–H and O–H groups in total. The fourth-order valence-electron chi connectivity index (χ4n) is 3.27. The molecule has 0 aliphatic carbocycles. The zero-order valence-electron chi connectivity index (χ0n) is 14.3. The van der Waals surface area contributed by atoms with Crippen molar-refractivity contribution in [1.82, 2.24) is 15.1 Å². The Kier molecular flexibility index (Phi) is 5.39. The summed E-state index contributed by atoms with van der Waals surface area (Å²) in [5, 5.41) is 4.78. The highest BCUT2D eigenvalue weighted by molar-refractivity contribution is 7.09. The van der Waals surface area contributed by atoms with Gasteiger partial charge in [0.1, 0.15) is 12.1 Å². The Morgan fingerprint density at radius 3 is 2.80 bits per heavy atom. The highest BCUT2D eigenvalue weighted by Gasteiger charge is 2.52. The first kappa shape index (κ1) is 17.9. The molecule has 1 aromatic heterocycles. The maximum atomic E-state index is 12.7. The van der Waals surface area contributed by atoms with Crippen LogP contribution >= 0.6 is 11.3 Å². The van der Waals surface area contributed by atoms with Crippen molar-refractivity contribution in [1.29, 1.82) is 0 Å². The molecule has 0 unspecified atom stereocenters. The van der Waals surface area contributed by atoms with Gasteiger partial charge in [-0.3, -0.25) is 14.5 Å². The largest absolute Gasteiger partial charge is 0.381 e. The molecule has 2 aliphatic rings. The number of amides is 4. The van der Waals surface area contributed by atoms with E-state index in [4.69, 9.17) is 4.74 Å². The standard InChI is InChI=1S/C17H23N3O4S/c1-2-19(8-5-13-4-3-11-25-13)14(21)12-20-15(22)17(18-16(20)23)6-9-24-10-7-17/h3-4,11H,2,5-10,12H2,1H3,(H,18,23). The number of hydrogen-bond acceptors (Lipinski definition) is 5. The molecular formula is C17H23N3O4S. The molecule has 8 heteroatoms. The van der Waals surface area contributed by atoms with E-state index in [0.717, 1.165) is 11.3 Å². The summed E-state index contributed by atoms with van der Waals surface area (Å²) in [6.45, 7) is 3.71. The van der Waals surface area contributed by atoms with Gasteiger partial charge in [-0.1, -0.05) is 6.07 Å². The van der Waals surface area contributed by atoms with Crippen LogP contribution in [0.25, 0.3) is 0 Å². The number of hydrogen-bond donors (Lipinski definition) is 1. The molecule has 25 heavy (non-hydrogen) atoms. The Morgan fingerprint density at radius 2 is 2.16 bits per heavy atom. The number of carbonyl (C=O) groups is 3. The lowest BCUT2D eigenvalue weighted by Crippen LogP contribution is -2.51. The lowest BCUT2D eigenvalue weighted by Gasteiger charge is -2.30. The lowest BCUT2D eigenvalue weighted by molar-refractivity contribution is -0.140. The molecule has 1 spiro atoms. The number of imide groups is 1. The van der Waals surface area contributed by atoms with E-state index >= 15 is 0 Å². The van der Waals surface area contributed by atoms with E-state index in [1.165, 1.54) is 4.88 Å². The summed E-state index contributed by atoms with van der Waals surface area (Å²) in [7, 11) is 0. The van der Waals surface area contributed by atoms with Crippen LogP contribution < -0.4 is 5.32 Å². The van der Waals surface area contributed by atoms with E-state index in [1.54, 1.807) is 16.2 Å². The van der Waals surface area contributed by atoms with Crippen LogP contribution in [-0.2, 0) is 20.7 Å². The van der Waals surface area contributed by atoms with Gasteiger partial charge < -0.3 is 15.0 Å². The maximum Gasteiger partial charge on any atom is 0.325 e. The van der Waals surface area contributed by atoms with Crippen LogP contribution in [0.15, 0.2) is 17.5 Å². The zero-order valence-corrected chi connectivity index (χ0v) is 15.1. The van der Waals surface area contributed by atoms with Crippen molar-refractivity contribution in [2.45, 2.75) is 31.7 Å². The van der Waals surface area contributed by atoms with Gasteiger partial charge in [-0.25, -0.2) is 4.79 Å². The minimum atomic E-state index is -0.885. The summed E-state index contributed by atoms with van der Waals surface area (Å²) in [4.78, 5) is 41.5. The normalized spacial score (nSPS) is 19.3. The molecule has 136 valence electrons. The molecule has 2 saturated heterocycles. The fourth-order valence-corrected chi connectivity index (χ4v) is 3.97. The van der Waals surface area contributed by atoms with Gasteiger partial charge in [0.25, 0.3) is 5.91 Å². The number of urea groups is 1. The Bertz CT molecular complexity index is 640. The molecule has 0 bridgehead atoms. The molecule has 3 rings (SSSR count). The van der Waals surface area contributed by atoms with Crippen LogP contribution in [0, 0.1) is 0 Å². The molecule has 2 fully saturated rings. The molecule has 2 aliphatic heterocycles. The number of nitrogens with one attached hydrogen (secondary N) is 1. The third kappa shape index (κ3) is 3.69. The SMILES string of the molecule is CCN(CCc1cccs1)C(=O)CN1C(=O)NC2(CCOCC2)C1=O. The second-order valence-electron chi connectivity index (χ2n) is 6.32. The van der Waals surface area contributed by atoms with E-state index in [1.807, 2.05) is 24.4 Å². The average molecular weight is 365 g/mol.